The first kappa shape index (κ1) is 17.9. The summed E-state index contributed by atoms with van der Waals surface area (Å²) in [5, 5.41) is 8.65. The molecule has 0 radical (unpaired) electrons. The van der Waals surface area contributed by atoms with E-state index in [1.165, 1.54) is 0 Å². The smallest absolute Gasteiger partial charge is 0.305 e. The van der Waals surface area contributed by atoms with Crippen molar-refractivity contribution in [2.24, 2.45) is 17.6 Å². The highest BCUT2D eigenvalue weighted by Crippen LogP contribution is 2.20. The lowest BCUT2D eigenvalue weighted by Gasteiger charge is -2.23. The van der Waals surface area contributed by atoms with Gasteiger partial charge in [0.25, 0.3) is 0 Å². The van der Waals surface area contributed by atoms with Gasteiger partial charge in [0.15, 0.2) is 0 Å². The molecule has 1 amide bonds. The van der Waals surface area contributed by atoms with Crippen molar-refractivity contribution in [1.82, 2.24) is 4.90 Å². The van der Waals surface area contributed by atoms with Crippen molar-refractivity contribution in [3.8, 4) is 0 Å². The number of carboxylic acids is 1. The Kier molecular flexibility index (Phi) is 9.21. The van der Waals surface area contributed by atoms with Crippen molar-refractivity contribution in [3.63, 3.8) is 0 Å². The van der Waals surface area contributed by atoms with E-state index in [2.05, 4.69) is 13.8 Å². The molecule has 1 unspecified atom stereocenters. The quantitative estimate of drug-likeness (QED) is 0.634. The van der Waals surface area contributed by atoms with Gasteiger partial charge >= 0.3 is 5.97 Å². The third kappa shape index (κ3) is 7.82. The largest absolute Gasteiger partial charge is 0.481 e. The van der Waals surface area contributed by atoms with Crippen LogP contribution < -0.4 is 5.73 Å². The fraction of sp³-hybridized carbons (Fsp3) is 0.857. The van der Waals surface area contributed by atoms with Gasteiger partial charge in [-0.05, 0) is 38.1 Å². The summed E-state index contributed by atoms with van der Waals surface area (Å²) in [5.41, 5.74) is 5.58. The first-order chi connectivity index (χ1) is 8.92. The first-order valence-electron chi connectivity index (χ1n) is 7.11. The fourth-order valence-corrected chi connectivity index (χ4v) is 2.18. The number of hydrogen-bond donors (Lipinski definition) is 2. The van der Waals surface area contributed by atoms with Gasteiger partial charge < -0.3 is 15.7 Å². The minimum absolute atomic E-state index is 0.00991. The van der Waals surface area contributed by atoms with Crippen molar-refractivity contribution in [3.05, 3.63) is 0 Å². The normalized spacial score (nSPS) is 12.5. The van der Waals surface area contributed by atoms with Crippen molar-refractivity contribution in [1.29, 1.82) is 0 Å². The van der Waals surface area contributed by atoms with Gasteiger partial charge in [0.2, 0.25) is 5.91 Å². The van der Waals surface area contributed by atoms with Crippen LogP contribution in [0.4, 0.5) is 0 Å². The summed E-state index contributed by atoms with van der Waals surface area (Å²) >= 11 is 0. The second-order valence-corrected chi connectivity index (χ2v) is 5.24. The standard InChI is InChI=1S/C14H28N2O3/c1-4-16(10-8-14(18)19)13(17)6-5-12(7-9-15)11(2)3/h11-12H,4-10,15H2,1-3H3,(H,18,19). The molecule has 0 bridgehead atoms. The Balaban J connectivity index is 4.20. The average molecular weight is 272 g/mol. The predicted octanol–water partition coefficient (Wildman–Crippen LogP) is 1.71. The Morgan fingerprint density at radius 3 is 2.26 bits per heavy atom. The summed E-state index contributed by atoms with van der Waals surface area (Å²) in [6, 6.07) is 0. The molecule has 0 aromatic rings. The van der Waals surface area contributed by atoms with Gasteiger partial charge in [0.1, 0.15) is 0 Å². The van der Waals surface area contributed by atoms with E-state index in [0.717, 1.165) is 12.8 Å². The Labute approximate surface area is 116 Å². The van der Waals surface area contributed by atoms with E-state index in [0.29, 0.717) is 37.9 Å². The summed E-state index contributed by atoms with van der Waals surface area (Å²) in [5.74, 6) is 0.165. The van der Waals surface area contributed by atoms with Crippen LogP contribution in [0, 0.1) is 11.8 Å². The van der Waals surface area contributed by atoms with Gasteiger partial charge in [-0.25, -0.2) is 0 Å². The number of hydrogen-bond acceptors (Lipinski definition) is 3. The molecule has 0 fully saturated rings. The van der Waals surface area contributed by atoms with Gasteiger partial charge in [-0.15, -0.1) is 0 Å². The molecule has 0 heterocycles. The molecule has 0 spiro atoms. The maximum Gasteiger partial charge on any atom is 0.305 e. The highest BCUT2D eigenvalue weighted by Gasteiger charge is 2.17. The molecule has 112 valence electrons. The zero-order chi connectivity index (χ0) is 14.8. The van der Waals surface area contributed by atoms with Crippen LogP contribution in [0.3, 0.4) is 0 Å². The van der Waals surface area contributed by atoms with Crippen LogP contribution in [-0.4, -0.2) is 41.5 Å². The zero-order valence-electron chi connectivity index (χ0n) is 12.4. The lowest BCUT2D eigenvalue weighted by molar-refractivity contribution is -0.138. The number of amides is 1. The molecule has 0 aromatic heterocycles. The Morgan fingerprint density at radius 2 is 1.84 bits per heavy atom. The van der Waals surface area contributed by atoms with E-state index in [-0.39, 0.29) is 12.3 Å². The topological polar surface area (TPSA) is 83.6 Å². The van der Waals surface area contributed by atoms with Crippen molar-refractivity contribution < 1.29 is 14.7 Å². The third-order valence-corrected chi connectivity index (χ3v) is 3.54. The average Bonchev–Trinajstić information content (AvgIpc) is 2.34. The van der Waals surface area contributed by atoms with Crippen LogP contribution in [0.25, 0.3) is 0 Å². The molecule has 0 aliphatic rings. The molecule has 0 aliphatic heterocycles. The van der Waals surface area contributed by atoms with Gasteiger partial charge in [-0.3, -0.25) is 9.59 Å². The summed E-state index contributed by atoms with van der Waals surface area (Å²) < 4.78 is 0. The molecule has 0 aliphatic carbocycles. The third-order valence-electron chi connectivity index (χ3n) is 3.54. The summed E-state index contributed by atoms with van der Waals surface area (Å²) in [6.07, 6.45) is 2.26. The van der Waals surface area contributed by atoms with E-state index in [4.69, 9.17) is 10.8 Å². The molecule has 0 rings (SSSR count). The highest BCUT2D eigenvalue weighted by atomic mass is 16.4. The van der Waals surface area contributed by atoms with Crippen LogP contribution in [0.2, 0.25) is 0 Å². The van der Waals surface area contributed by atoms with Gasteiger partial charge in [0.05, 0.1) is 6.42 Å². The van der Waals surface area contributed by atoms with Crippen LogP contribution in [0.15, 0.2) is 0 Å². The second kappa shape index (κ2) is 9.78. The van der Waals surface area contributed by atoms with Crippen LogP contribution in [-0.2, 0) is 9.59 Å². The summed E-state index contributed by atoms with van der Waals surface area (Å²) in [4.78, 5) is 24.2. The molecule has 5 heteroatoms. The number of carboxylic acid groups (broad SMARTS) is 1. The van der Waals surface area contributed by atoms with Crippen LogP contribution in [0.5, 0.6) is 0 Å². The van der Waals surface area contributed by atoms with Gasteiger partial charge in [-0.2, -0.15) is 0 Å². The maximum absolute atomic E-state index is 12.0. The molecule has 0 saturated carbocycles. The number of rotatable bonds is 10. The van der Waals surface area contributed by atoms with E-state index < -0.39 is 5.97 Å². The Hall–Kier alpha value is -1.10. The number of carbonyl (C=O) groups excluding carboxylic acids is 1. The molecule has 0 aromatic carbocycles. The monoisotopic (exact) mass is 272 g/mol. The summed E-state index contributed by atoms with van der Waals surface area (Å²) in [6.45, 7) is 7.68. The number of nitrogens with zero attached hydrogens (tertiary/aromatic N) is 1. The van der Waals surface area contributed by atoms with Crippen LogP contribution in [0.1, 0.15) is 46.5 Å². The second-order valence-electron chi connectivity index (χ2n) is 5.24. The van der Waals surface area contributed by atoms with E-state index >= 15 is 0 Å². The minimum atomic E-state index is -0.866. The fourth-order valence-electron chi connectivity index (χ4n) is 2.18. The predicted molar refractivity (Wildman–Crippen MR) is 75.7 cm³/mol. The molecule has 19 heavy (non-hydrogen) atoms. The Bertz CT molecular complexity index is 280. The molecule has 3 N–H and O–H groups in total. The highest BCUT2D eigenvalue weighted by molar-refractivity contribution is 5.77. The van der Waals surface area contributed by atoms with Crippen molar-refractivity contribution >= 4 is 11.9 Å². The Morgan fingerprint density at radius 1 is 1.21 bits per heavy atom. The molecule has 5 nitrogen and oxygen atoms in total. The number of carbonyl (C=O) groups is 2. The van der Waals surface area contributed by atoms with Crippen molar-refractivity contribution in [2.75, 3.05) is 19.6 Å². The number of nitrogens with two attached hydrogens (primary N) is 1. The molecule has 1 atom stereocenters. The van der Waals surface area contributed by atoms with Gasteiger partial charge in [0, 0.05) is 19.5 Å². The van der Waals surface area contributed by atoms with E-state index in [1.54, 1.807) is 4.90 Å². The molecular weight excluding hydrogens is 244 g/mol. The van der Waals surface area contributed by atoms with Crippen LogP contribution >= 0.6 is 0 Å². The SMILES string of the molecule is CCN(CCC(=O)O)C(=O)CCC(CCN)C(C)C. The van der Waals surface area contributed by atoms with E-state index in [1.807, 2.05) is 6.92 Å². The molecular formula is C14H28N2O3. The minimum Gasteiger partial charge on any atom is -0.481 e. The lowest BCUT2D eigenvalue weighted by Crippen LogP contribution is -2.33. The lowest BCUT2D eigenvalue weighted by atomic mass is 9.88. The summed E-state index contributed by atoms with van der Waals surface area (Å²) in [7, 11) is 0. The maximum atomic E-state index is 12.0. The first-order valence-corrected chi connectivity index (χ1v) is 7.11. The van der Waals surface area contributed by atoms with Crippen molar-refractivity contribution in [2.45, 2.75) is 46.5 Å². The van der Waals surface area contributed by atoms with Gasteiger partial charge in [-0.1, -0.05) is 13.8 Å². The zero-order valence-corrected chi connectivity index (χ0v) is 12.4. The van der Waals surface area contributed by atoms with E-state index in [9.17, 15) is 9.59 Å². The number of aliphatic carboxylic acids is 1. The molecule has 0 saturated heterocycles.